The molecule has 1 aliphatic rings. The van der Waals surface area contributed by atoms with Crippen molar-refractivity contribution in [1.82, 2.24) is 25.0 Å². The molecule has 2 heterocycles. The van der Waals surface area contributed by atoms with Crippen LogP contribution in [-0.4, -0.2) is 51.0 Å². The zero-order valence-corrected chi connectivity index (χ0v) is 17.0. The normalized spacial score (nSPS) is 17.3. The fraction of sp³-hybridized carbons (Fsp3) is 0.450. The van der Waals surface area contributed by atoms with Gasteiger partial charge < -0.3 is 14.8 Å². The third-order valence-electron chi connectivity index (χ3n) is 4.77. The number of aliphatic imine (C=N–C) groups is 1. The first-order chi connectivity index (χ1) is 13.2. The number of nitrogens with one attached hydrogen (secondary N) is 1. The van der Waals surface area contributed by atoms with E-state index in [2.05, 4.69) is 57.3 Å². The maximum atomic E-state index is 4.79. The Labute approximate surface area is 165 Å². The maximum absolute atomic E-state index is 4.79. The van der Waals surface area contributed by atoms with Crippen molar-refractivity contribution in [3.63, 3.8) is 0 Å². The summed E-state index contributed by atoms with van der Waals surface area (Å²) in [6.07, 6.45) is 3.05. The molecule has 1 atom stereocenters. The number of guanidine groups is 1. The number of aromatic nitrogens is 3. The van der Waals surface area contributed by atoms with E-state index in [4.69, 9.17) is 4.99 Å². The largest absolute Gasteiger partial charge is 0.353 e. The van der Waals surface area contributed by atoms with Crippen LogP contribution >= 0.6 is 11.8 Å². The van der Waals surface area contributed by atoms with Gasteiger partial charge in [-0.1, -0.05) is 24.3 Å². The Hall–Kier alpha value is -2.28. The Balaban J connectivity index is 1.58. The molecular weight excluding hydrogens is 356 g/mol. The van der Waals surface area contributed by atoms with E-state index in [1.165, 1.54) is 11.3 Å². The lowest BCUT2D eigenvalue weighted by molar-refractivity contribution is 0.475. The summed E-state index contributed by atoms with van der Waals surface area (Å²) < 4.78 is 1.98. The van der Waals surface area contributed by atoms with Crippen molar-refractivity contribution in [3.8, 4) is 0 Å². The molecule has 0 aliphatic carbocycles. The van der Waals surface area contributed by atoms with Crippen molar-refractivity contribution >= 4 is 17.7 Å². The molecule has 1 aliphatic heterocycles. The quantitative estimate of drug-likeness (QED) is 0.344. The van der Waals surface area contributed by atoms with Crippen LogP contribution < -0.4 is 5.32 Å². The number of benzene rings is 1. The molecule has 144 valence electrons. The molecule has 0 saturated carbocycles. The number of likely N-dealkylation sites (tertiary alicyclic amines) is 1. The summed E-state index contributed by atoms with van der Waals surface area (Å²) in [5.74, 6) is 4.52. The van der Waals surface area contributed by atoms with Gasteiger partial charge in [0.1, 0.15) is 12.4 Å². The van der Waals surface area contributed by atoms with Crippen molar-refractivity contribution in [3.05, 3.63) is 54.6 Å². The Kier molecular flexibility index (Phi) is 6.92. The van der Waals surface area contributed by atoms with Gasteiger partial charge in [0.15, 0.2) is 11.8 Å². The van der Waals surface area contributed by atoms with Gasteiger partial charge in [0.05, 0.1) is 0 Å². The second-order valence-electron chi connectivity index (χ2n) is 6.76. The zero-order chi connectivity index (χ0) is 19.1. The van der Waals surface area contributed by atoms with E-state index in [9.17, 15) is 0 Å². The number of rotatable bonds is 7. The molecule has 3 rings (SSSR count). The lowest BCUT2D eigenvalue weighted by atomic mass is 10.2. The van der Waals surface area contributed by atoms with Crippen molar-refractivity contribution in [2.45, 2.75) is 24.8 Å². The smallest absolute Gasteiger partial charge is 0.194 e. The Morgan fingerprint density at radius 3 is 2.89 bits per heavy atom. The highest BCUT2D eigenvalue weighted by molar-refractivity contribution is 7.99. The molecule has 27 heavy (non-hydrogen) atoms. The third kappa shape index (κ3) is 5.35. The van der Waals surface area contributed by atoms with Crippen LogP contribution in [0, 0.1) is 12.8 Å². The standard InChI is InChI=1S/C20H28N6S/c1-4-11-21-20(22-13-19-24-23-16(2)25(19)3)26-12-10-17(14-26)15-27-18-8-6-5-7-9-18/h4-9,17H,1,10-15H2,2-3H3,(H,21,22). The van der Waals surface area contributed by atoms with Crippen LogP contribution in [0.15, 0.2) is 52.9 Å². The minimum atomic E-state index is 0.525. The second kappa shape index (κ2) is 9.60. The van der Waals surface area contributed by atoms with Gasteiger partial charge in [-0.2, -0.15) is 0 Å². The van der Waals surface area contributed by atoms with Gasteiger partial charge in [-0.15, -0.1) is 28.5 Å². The topological polar surface area (TPSA) is 58.3 Å². The Bertz CT molecular complexity index is 770. The Morgan fingerprint density at radius 2 is 2.19 bits per heavy atom. The molecule has 1 N–H and O–H groups in total. The lowest BCUT2D eigenvalue weighted by Gasteiger charge is -2.21. The fourth-order valence-electron chi connectivity index (χ4n) is 3.06. The minimum absolute atomic E-state index is 0.525. The monoisotopic (exact) mass is 384 g/mol. The van der Waals surface area contributed by atoms with Gasteiger partial charge in [-0.25, -0.2) is 4.99 Å². The fourth-order valence-corrected chi connectivity index (χ4v) is 4.11. The highest BCUT2D eigenvalue weighted by Gasteiger charge is 2.25. The lowest BCUT2D eigenvalue weighted by Crippen LogP contribution is -2.40. The van der Waals surface area contributed by atoms with E-state index in [1.807, 2.05) is 36.4 Å². The van der Waals surface area contributed by atoms with E-state index < -0.39 is 0 Å². The van der Waals surface area contributed by atoms with Crippen molar-refractivity contribution in [2.75, 3.05) is 25.4 Å². The Morgan fingerprint density at radius 1 is 1.37 bits per heavy atom. The van der Waals surface area contributed by atoms with Gasteiger partial charge >= 0.3 is 0 Å². The first kappa shape index (κ1) is 19.5. The average Bonchev–Trinajstić information content (AvgIpc) is 3.29. The van der Waals surface area contributed by atoms with Gasteiger partial charge in [0.25, 0.3) is 0 Å². The van der Waals surface area contributed by atoms with Crippen LogP contribution in [-0.2, 0) is 13.6 Å². The average molecular weight is 385 g/mol. The van der Waals surface area contributed by atoms with Crippen LogP contribution in [0.4, 0.5) is 0 Å². The molecule has 1 saturated heterocycles. The summed E-state index contributed by atoms with van der Waals surface area (Å²) in [5, 5.41) is 11.7. The van der Waals surface area contributed by atoms with Crippen LogP contribution in [0.1, 0.15) is 18.1 Å². The molecule has 0 spiro atoms. The molecule has 7 heteroatoms. The van der Waals surface area contributed by atoms with Crippen LogP contribution in [0.3, 0.4) is 0 Å². The number of thioether (sulfide) groups is 1. The van der Waals surface area contributed by atoms with Crippen LogP contribution in [0.25, 0.3) is 0 Å². The number of aryl methyl sites for hydroxylation is 1. The highest BCUT2D eigenvalue weighted by atomic mass is 32.2. The zero-order valence-electron chi connectivity index (χ0n) is 16.1. The number of nitrogens with zero attached hydrogens (tertiary/aromatic N) is 5. The molecule has 1 aromatic carbocycles. The summed E-state index contributed by atoms with van der Waals surface area (Å²) in [7, 11) is 1.98. The van der Waals surface area contributed by atoms with Gasteiger partial charge in [0.2, 0.25) is 0 Å². The summed E-state index contributed by atoms with van der Waals surface area (Å²) >= 11 is 1.94. The minimum Gasteiger partial charge on any atom is -0.353 e. The van der Waals surface area contributed by atoms with Crippen molar-refractivity contribution in [2.24, 2.45) is 18.0 Å². The molecule has 1 fully saturated rings. The van der Waals surface area contributed by atoms with E-state index >= 15 is 0 Å². The summed E-state index contributed by atoms with van der Waals surface area (Å²) in [4.78, 5) is 8.48. The molecule has 0 bridgehead atoms. The van der Waals surface area contributed by atoms with Crippen molar-refractivity contribution < 1.29 is 0 Å². The third-order valence-corrected chi connectivity index (χ3v) is 6.02. The predicted octanol–water partition coefficient (Wildman–Crippen LogP) is 2.87. The molecule has 1 unspecified atom stereocenters. The molecule has 2 aromatic rings. The first-order valence-electron chi connectivity index (χ1n) is 9.34. The van der Waals surface area contributed by atoms with E-state index in [0.29, 0.717) is 19.0 Å². The maximum Gasteiger partial charge on any atom is 0.194 e. The van der Waals surface area contributed by atoms with E-state index in [0.717, 1.165) is 36.5 Å². The molecular formula is C20H28N6S. The van der Waals surface area contributed by atoms with Crippen LogP contribution in [0.5, 0.6) is 0 Å². The summed E-state index contributed by atoms with van der Waals surface area (Å²) in [6, 6.07) is 10.6. The predicted molar refractivity (Wildman–Crippen MR) is 112 cm³/mol. The molecule has 0 radical (unpaired) electrons. The van der Waals surface area contributed by atoms with E-state index in [-0.39, 0.29) is 0 Å². The summed E-state index contributed by atoms with van der Waals surface area (Å²) in [5.41, 5.74) is 0. The second-order valence-corrected chi connectivity index (χ2v) is 7.85. The summed E-state index contributed by atoms with van der Waals surface area (Å²) in [6.45, 7) is 9.04. The highest BCUT2D eigenvalue weighted by Crippen LogP contribution is 2.25. The van der Waals surface area contributed by atoms with E-state index in [1.54, 1.807) is 0 Å². The van der Waals surface area contributed by atoms with Gasteiger partial charge in [0, 0.05) is 37.3 Å². The molecule has 0 amide bonds. The number of hydrogen-bond acceptors (Lipinski definition) is 4. The molecule has 6 nitrogen and oxygen atoms in total. The van der Waals surface area contributed by atoms with Gasteiger partial charge in [-0.05, 0) is 31.4 Å². The SMILES string of the molecule is C=CCNC(=NCc1nnc(C)n1C)N1CCC(CSc2ccccc2)C1. The first-order valence-corrected chi connectivity index (χ1v) is 10.3. The van der Waals surface area contributed by atoms with Gasteiger partial charge in [-0.3, -0.25) is 0 Å². The molecule has 1 aromatic heterocycles. The van der Waals surface area contributed by atoms with Crippen LogP contribution in [0.2, 0.25) is 0 Å². The van der Waals surface area contributed by atoms with Crippen molar-refractivity contribution in [1.29, 1.82) is 0 Å². The number of hydrogen-bond donors (Lipinski definition) is 1.